The van der Waals surface area contributed by atoms with Crippen molar-refractivity contribution in [2.24, 2.45) is 7.05 Å². The summed E-state index contributed by atoms with van der Waals surface area (Å²) in [5.41, 5.74) is 2.19. The molecule has 2 atom stereocenters. The van der Waals surface area contributed by atoms with Crippen molar-refractivity contribution in [1.29, 1.82) is 0 Å². The largest absolute Gasteiger partial charge is 0.354 e. The normalized spacial score (nSPS) is 13.6. The van der Waals surface area contributed by atoms with Crippen LogP contribution in [-0.2, 0) is 13.5 Å². The van der Waals surface area contributed by atoms with E-state index in [2.05, 4.69) is 26.3 Å². The minimum absolute atomic E-state index is 0.0787. The number of hydrogen-bond acceptors (Lipinski definition) is 3. The lowest BCUT2D eigenvalue weighted by Crippen LogP contribution is -2.42. The molecule has 0 fully saturated rings. The Hall–Kier alpha value is -1.82. The van der Waals surface area contributed by atoms with Crippen LogP contribution in [0, 0.1) is 6.92 Å². The average Bonchev–Trinajstić information content (AvgIpc) is 3.05. The van der Waals surface area contributed by atoms with Crippen LogP contribution in [0.1, 0.15) is 42.7 Å². The Bertz CT molecular complexity index is 619. The van der Waals surface area contributed by atoms with Gasteiger partial charge in [0.1, 0.15) is 0 Å². The zero-order chi connectivity index (χ0) is 16.1. The van der Waals surface area contributed by atoms with Crippen LogP contribution in [0.15, 0.2) is 23.7 Å². The highest BCUT2D eigenvalue weighted by molar-refractivity contribution is 7.09. The second-order valence-electron chi connectivity index (χ2n) is 5.68. The van der Waals surface area contributed by atoms with Gasteiger partial charge in [0.25, 0.3) is 0 Å². The number of thiazole rings is 1. The predicted molar refractivity (Wildman–Crippen MR) is 90.1 cm³/mol. The summed E-state index contributed by atoms with van der Waals surface area (Å²) in [5, 5.41) is 8.92. The first-order valence-corrected chi connectivity index (χ1v) is 8.43. The number of aromatic nitrogens is 2. The van der Waals surface area contributed by atoms with Gasteiger partial charge in [0.15, 0.2) is 0 Å². The van der Waals surface area contributed by atoms with Crippen molar-refractivity contribution in [2.45, 2.75) is 45.7 Å². The quantitative estimate of drug-likeness (QED) is 0.859. The summed E-state index contributed by atoms with van der Waals surface area (Å²) in [7, 11) is 2.04. The van der Waals surface area contributed by atoms with Crippen molar-refractivity contribution in [3.8, 4) is 0 Å². The molecule has 2 rings (SSSR count). The lowest BCUT2D eigenvalue weighted by atomic mass is 10.1. The van der Waals surface area contributed by atoms with Gasteiger partial charge in [-0.3, -0.25) is 0 Å². The average molecular weight is 320 g/mol. The van der Waals surface area contributed by atoms with Crippen LogP contribution in [0.4, 0.5) is 4.79 Å². The molecule has 2 heterocycles. The Kier molecular flexibility index (Phi) is 5.60. The maximum Gasteiger partial charge on any atom is 0.315 e. The third kappa shape index (κ3) is 4.59. The Morgan fingerprint density at radius 1 is 1.41 bits per heavy atom. The molecular formula is C16H24N4OS. The first kappa shape index (κ1) is 16.5. The minimum atomic E-state index is -0.141. The van der Waals surface area contributed by atoms with Gasteiger partial charge in [0.2, 0.25) is 0 Å². The molecule has 0 aliphatic heterocycles. The topological polar surface area (TPSA) is 59.0 Å². The number of aryl methyl sites for hydroxylation is 3. The molecule has 0 spiro atoms. The Morgan fingerprint density at radius 2 is 2.18 bits per heavy atom. The van der Waals surface area contributed by atoms with Gasteiger partial charge in [-0.2, -0.15) is 0 Å². The molecule has 5 nitrogen and oxygen atoms in total. The van der Waals surface area contributed by atoms with Gasteiger partial charge in [-0.05, 0) is 45.7 Å². The molecule has 0 aliphatic rings. The zero-order valence-corrected chi connectivity index (χ0v) is 14.4. The lowest BCUT2D eigenvalue weighted by Gasteiger charge is -2.17. The predicted octanol–water partition coefficient (Wildman–Crippen LogP) is 3.17. The van der Waals surface area contributed by atoms with Crippen molar-refractivity contribution < 1.29 is 4.79 Å². The molecule has 0 aliphatic carbocycles. The van der Waals surface area contributed by atoms with Crippen LogP contribution in [0.25, 0.3) is 0 Å². The number of carbonyl (C=O) groups is 1. The molecule has 0 unspecified atom stereocenters. The van der Waals surface area contributed by atoms with Gasteiger partial charge in [0, 0.05) is 30.4 Å². The highest BCUT2D eigenvalue weighted by Crippen LogP contribution is 2.15. The van der Waals surface area contributed by atoms with Crippen LogP contribution in [-0.4, -0.2) is 21.6 Å². The highest BCUT2D eigenvalue weighted by Gasteiger charge is 2.14. The van der Waals surface area contributed by atoms with Gasteiger partial charge < -0.3 is 15.2 Å². The van der Waals surface area contributed by atoms with E-state index in [0.29, 0.717) is 0 Å². The first-order valence-electron chi connectivity index (χ1n) is 7.55. The summed E-state index contributed by atoms with van der Waals surface area (Å²) in [6, 6.07) is 4.05. The molecule has 0 saturated carbocycles. The smallest absolute Gasteiger partial charge is 0.315 e. The molecule has 0 radical (unpaired) electrons. The maximum atomic E-state index is 12.0. The van der Waals surface area contributed by atoms with E-state index in [1.165, 1.54) is 5.69 Å². The second kappa shape index (κ2) is 7.45. The molecule has 120 valence electrons. The lowest BCUT2D eigenvalue weighted by molar-refractivity contribution is 0.234. The number of rotatable bonds is 6. The summed E-state index contributed by atoms with van der Waals surface area (Å²) >= 11 is 1.60. The number of carbonyl (C=O) groups excluding carboxylic acids is 1. The van der Waals surface area contributed by atoms with Crippen LogP contribution >= 0.6 is 11.3 Å². The monoisotopic (exact) mass is 320 g/mol. The zero-order valence-electron chi connectivity index (χ0n) is 13.6. The fraction of sp³-hybridized carbons (Fsp3) is 0.500. The highest BCUT2D eigenvalue weighted by atomic mass is 32.1. The summed E-state index contributed by atoms with van der Waals surface area (Å²) < 4.78 is 2.11. The molecule has 22 heavy (non-hydrogen) atoms. The van der Waals surface area contributed by atoms with Gasteiger partial charge in [-0.25, -0.2) is 9.78 Å². The van der Waals surface area contributed by atoms with Crippen LogP contribution in [0.2, 0.25) is 0 Å². The van der Waals surface area contributed by atoms with Crippen molar-refractivity contribution in [3.63, 3.8) is 0 Å². The van der Waals surface area contributed by atoms with E-state index in [1.807, 2.05) is 45.5 Å². The van der Waals surface area contributed by atoms with E-state index in [0.717, 1.165) is 23.5 Å². The Labute approximate surface area is 135 Å². The van der Waals surface area contributed by atoms with E-state index in [4.69, 9.17) is 0 Å². The minimum Gasteiger partial charge on any atom is -0.354 e. The third-order valence-electron chi connectivity index (χ3n) is 3.69. The maximum absolute atomic E-state index is 12.0. The number of nitrogens with one attached hydrogen (secondary N) is 2. The van der Waals surface area contributed by atoms with E-state index in [9.17, 15) is 4.79 Å². The van der Waals surface area contributed by atoms with Crippen molar-refractivity contribution >= 4 is 17.4 Å². The molecule has 6 heteroatoms. The first-order chi connectivity index (χ1) is 10.5. The summed E-state index contributed by atoms with van der Waals surface area (Å²) in [6.07, 6.45) is 3.90. The fourth-order valence-electron chi connectivity index (χ4n) is 2.31. The molecule has 0 saturated heterocycles. The molecule has 2 amide bonds. The van der Waals surface area contributed by atoms with Crippen LogP contribution in [0.5, 0.6) is 0 Å². The SMILES string of the molecule is Cc1nc([C@@H](C)NC(=O)N[C@H](C)CCc2cccn2C)cs1. The number of urea groups is 1. The van der Waals surface area contributed by atoms with E-state index >= 15 is 0 Å². The van der Waals surface area contributed by atoms with Crippen LogP contribution in [0.3, 0.4) is 0 Å². The number of hydrogen-bond donors (Lipinski definition) is 2. The third-order valence-corrected chi connectivity index (χ3v) is 4.48. The summed E-state index contributed by atoms with van der Waals surface area (Å²) in [6.45, 7) is 5.94. The Morgan fingerprint density at radius 3 is 2.77 bits per heavy atom. The fourth-order valence-corrected chi connectivity index (χ4v) is 3.01. The second-order valence-corrected chi connectivity index (χ2v) is 6.74. The summed E-state index contributed by atoms with van der Waals surface area (Å²) in [4.78, 5) is 16.4. The number of amides is 2. The molecule has 0 bridgehead atoms. The molecular weight excluding hydrogens is 296 g/mol. The van der Waals surface area contributed by atoms with E-state index in [-0.39, 0.29) is 18.1 Å². The van der Waals surface area contributed by atoms with Gasteiger partial charge in [-0.1, -0.05) is 0 Å². The number of nitrogens with zero attached hydrogens (tertiary/aromatic N) is 2. The van der Waals surface area contributed by atoms with Crippen LogP contribution < -0.4 is 10.6 Å². The molecule has 2 aromatic rings. The van der Waals surface area contributed by atoms with Crippen molar-refractivity contribution in [3.05, 3.63) is 40.1 Å². The molecule has 0 aromatic carbocycles. The Balaban J connectivity index is 1.75. The summed E-state index contributed by atoms with van der Waals surface area (Å²) in [5.74, 6) is 0. The standard InChI is InChI=1S/C16H24N4OS/c1-11(7-8-14-6-5-9-20(14)4)17-16(21)18-12(2)15-10-22-13(3)19-15/h5-6,9-12H,7-8H2,1-4H3,(H2,17,18,21)/t11-,12-/m1/s1. The van der Waals surface area contributed by atoms with Crippen molar-refractivity contribution in [2.75, 3.05) is 0 Å². The van der Waals surface area contributed by atoms with Gasteiger partial charge in [0.05, 0.1) is 16.7 Å². The van der Waals surface area contributed by atoms with Gasteiger partial charge >= 0.3 is 6.03 Å². The van der Waals surface area contributed by atoms with Crippen molar-refractivity contribution in [1.82, 2.24) is 20.2 Å². The van der Waals surface area contributed by atoms with E-state index < -0.39 is 0 Å². The molecule has 2 N–H and O–H groups in total. The van der Waals surface area contributed by atoms with E-state index in [1.54, 1.807) is 11.3 Å². The molecule has 2 aromatic heterocycles. The van der Waals surface area contributed by atoms with Gasteiger partial charge in [-0.15, -0.1) is 11.3 Å².